The van der Waals surface area contributed by atoms with E-state index >= 15 is 0 Å². The summed E-state index contributed by atoms with van der Waals surface area (Å²) < 4.78 is 16.3. The predicted molar refractivity (Wildman–Crippen MR) is 90.4 cm³/mol. The molecular weight excluding hydrogens is 308 g/mol. The number of methoxy groups -OCH3 is 1. The number of ether oxygens (including phenoxy) is 2. The summed E-state index contributed by atoms with van der Waals surface area (Å²) in [5.41, 5.74) is 0.374. The van der Waals surface area contributed by atoms with Crippen LogP contribution in [-0.2, 0) is 4.74 Å². The Kier molecular flexibility index (Phi) is 4.33. The molecule has 3 rings (SSSR count). The van der Waals surface area contributed by atoms with E-state index in [2.05, 4.69) is 0 Å². The number of fused-ring (bicyclic) bond motifs is 1. The van der Waals surface area contributed by atoms with Gasteiger partial charge in [-0.2, -0.15) is 0 Å². The van der Waals surface area contributed by atoms with Crippen molar-refractivity contribution >= 4 is 16.9 Å². The Bertz CT molecular complexity index is 955. The second-order valence-electron chi connectivity index (χ2n) is 5.05. The van der Waals surface area contributed by atoms with Gasteiger partial charge in [-0.1, -0.05) is 24.3 Å². The standard InChI is InChI=1S/C19H16O5/c1-3-23-19(21)16-17(20)12-8-4-7-11-15(12)24-18(16)13-9-5-6-10-14(13)22-2/h4-11H,3H2,1-2H3. The number of hydrogen-bond donors (Lipinski definition) is 0. The first-order valence-corrected chi connectivity index (χ1v) is 7.53. The van der Waals surface area contributed by atoms with Crippen LogP contribution in [0.15, 0.2) is 57.7 Å². The number of benzene rings is 2. The van der Waals surface area contributed by atoms with Crippen LogP contribution in [0, 0.1) is 0 Å². The molecule has 5 heteroatoms. The maximum atomic E-state index is 12.8. The van der Waals surface area contributed by atoms with E-state index in [9.17, 15) is 9.59 Å². The van der Waals surface area contributed by atoms with Crippen LogP contribution in [0.3, 0.4) is 0 Å². The van der Waals surface area contributed by atoms with Gasteiger partial charge in [-0.25, -0.2) is 4.79 Å². The maximum Gasteiger partial charge on any atom is 0.346 e. The van der Waals surface area contributed by atoms with E-state index < -0.39 is 11.4 Å². The van der Waals surface area contributed by atoms with Gasteiger partial charge in [-0.15, -0.1) is 0 Å². The number of rotatable bonds is 4. The fraction of sp³-hybridized carbons (Fsp3) is 0.158. The molecule has 0 saturated heterocycles. The molecule has 2 aromatic carbocycles. The van der Waals surface area contributed by atoms with Crippen LogP contribution in [0.4, 0.5) is 0 Å². The molecule has 0 aliphatic carbocycles. The van der Waals surface area contributed by atoms with Crippen LogP contribution in [0.2, 0.25) is 0 Å². The molecule has 0 amide bonds. The Labute approximate surface area is 138 Å². The molecule has 0 fully saturated rings. The summed E-state index contributed by atoms with van der Waals surface area (Å²) in [5.74, 6) is -0.0611. The SMILES string of the molecule is CCOC(=O)c1c(-c2ccccc2OC)oc2ccccc2c1=O. The summed E-state index contributed by atoms with van der Waals surface area (Å²) in [5, 5.41) is 0.333. The van der Waals surface area contributed by atoms with Crippen LogP contribution >= 0.6 is 0 Å². The molecule has 3 aromatic rings. The van der Waals surface area contributed by atoms with Gasteiger partial charge in [0.1, 0.15) is 11.3 Å². The zero-order valence-electron chi connectivity index (χ0n) is 13.4. The Morgan fingerprint density at radius 1 is 1.08 bits per heavy atom. The van der Waals surface area contributed by atoms with Crippen molar-refractivity contribution in [3.05, 3.63) is 64.3 Å². The summed E-state index contributed by atoms with van der Waals surface area (Å²) in [6.07, 6.45) is 0. The molecule has 0 bridgehead atoms. The van der Waals surface area contributed by atoms with Crippen molar-refractivity contribution < 1.29 is 18.7 Å². The number of carbonyl (C=O) groups is 1. The molecule has 122 valence electrons. The number of carbonyl (C=O) groups excluding carboxylic acids is 1. The normalized spacial score (nSPS) is 10.6. The van der Waals surface area contributed by atoms with E-state index in [1.54, 1.807) is 55.5 Å². The quantitative estimate of drug-likeness (QED) is 0.685. The lowest BCUT2D eigenvalue weighted by molar-refractivity contribution is 0.0524. The topological polar surface area (TPSA) is 65.7 Å². The van der Waals surface area contributed by atoms with Gasteiger partial charge in [0, 0.05) is 0 Å². The highest BCUT2D eigenvalue weighted by molar-refractivity contribution is 5.99. The van der Waals surface area contributed by atoms with Crippen LogP contribution < -0.4 is 10.2 Å². The molecule has 0 atom stereocenters. The highest BCUT2D eigenvalue weighted by Gasteiger charge is 2.25. The molecule has 0 radical (unpaired) electrons. The summed E-state index contributed by atoms with van der Waals surface area (Å²) in [6.45, 7) is 1.85. The van der Waals surface area contributed by atoms with Gasteiger partial charge >= 0.3 is 5.97 Å². The molecular formula is C19H16O5. The average molecular weight is 324 g/mol. The number of hydrogen-bond acceptors (Lipinski definition) is 5. The Balaban J connectivity index is 2.39. The van der Waals surface area contributed by atoms with Gasteiger partial charge < -0.3 is 13.9 Å². The van der Waals surface area contributed by atoms with Crippen molar-refractivity contribution in [3.8, 4) is 17.1 Å². The van der Waals surface area contributed by atoms with E-state index in [-0.39, 0.29) is 17.9 Å². The van der Waals surface area contributed by atoms with Gasteiger partial charge in [0.2, 0.25) is 5.43 Å². The fourth-order valence-electron chi connectivity index (χ4n) is 2.55. The first-order valence-electron chi connectivity index (χ1n) is 7.53. The largest absolute Gasteiger partial charge is 0.496 e. The van der Waals surface area contributed by atoms with Crippen LogP contribution in [0.5, 0.6) is 5.75 Å². The molecule has 0 spiro atoms. The highest BCUT2D eigenvalue weighted by atomic mass is 16.5. The van der Waals surface area contributed by atoms with E-state index in [4.69, 9.17) is 13.9 Å². The summed E-state index contributed by atoms with van der Waals surface area (Å²) in [6, 6.07) is 13.8. The van der Waals surface area contributed by atoms with E-state index in [1.165, 1.54) is 7.11 Å². The lowest BCUT2D eigenvalue weighted by atomic mass is 10.0. The second kappa shape index (κ2) is 6.58. The van der Waals surface area contributed by atoms with Gasteiger partial charge in [0.05, 0.1) is 24.7 Å². The van der Waals surface area contributed by atoms with Crippen molar-refractivity contribution in [1.82, 2.24) is 0 Å². The molecule has 0 saturated carbocycles. The molecule has 0 aliphatic rings. The third kappa shape index (κ3) is 2.65. The molecule has 1 heterocycles. The van der Waals surface area contributed by atoms with Crippen LogP contribution in [0.25, 0.3) is 22.3 Å². The maximum absolute atomic E-state index is 12.8. The van der Waals surface area contributed by atoms with Crippen molar-refractivity contribution in [2.24, 2.45) is 0 Å². The smallest absolute Gasteiger partial charge is 0.346 e. The summed E-state index contributed by atoms with van der Waals surface area (Å²) in [7, 11) is 1.52. The van der Waals surface area contributed by atoms with Gasteiger partial charge in [0.25, 0.3) is 0 Å². The molecule has 1 aromatic heterocycles. The molecule has 24 heavy (non-hydrogen) atoms. The Hall–Kier alpha value is -3.08. The van der Waals surface area contributed by atoms with Crippen LogP contribution in [0.1, 0.15) is 17.3 Å². The molecule has 0 unspecified atom stereocenters. The van der Waals surface area contributed by atoms with Gasteiger partial charge in [0.15, 0.2) is 11.3 Å². The van der Waals surface area contributed by atoms with Gasteiger partial charge in [-0.05, 0) is 31.2 Å². The zero-order valence-corrected chi connectivity index (χ0v) is 13.4. The molecule has 5 nitrogen and oxygen atoms in total. The minimum absolute atomic E-state index is 0.125. The lowest BCUT2D eigenvalue weighted by Gasteiger charge is -2.12. The monoisotopic (exact) mass is 324 g/mol. The first kappa shape index (κ1) is 15.8. The summed E-state index contributed by atoms with van der Waals surface area (Å²) >= 11 is 0. The number of esters is 1. The van der Waals surface area contributed by atoms with Crippen molar-refractivity contribution in [1.29, 1.82) is 0 Å². The van der Waals surface area contributed by atoms with Crippen molar-refractivity contribution in [2.45, 2.75) is 6.92 Å². The fourth-order valence-corrected chi connectivity index (χ4v) is 2.55. The van der Waals surface area contributed by atoms with E-state index in [0.29, 0.717) is 22.3 Å². The summed E-state index contributed by atoms with van der Waals surface area (Å²) in [4.78, 5) is 25.2. The van der Waals surface area contributed by atoms with Crippen LogP contribution in [-0.4, -0.2) is 19.7 Å². The Morgan fingerprint density at radius 3 is 2.54 bits per heavy atom. The molecule has 0 N–H and O–H groups in total. The lowest BCUT2D eigenvalue weighted by Crippen LogP contribution is -2.19. The average Bonchev–Trinajstić information content (AvgIpc) is 2.61. The zero-order chi connectivity index (χ0) is 17.1. The second-order valence-corrected chi connectivity index (χ2v) is 5.05. The van der Waals surface area contributed by atoms with Crippen molar-refractivity contribution in [3.63, 3.8) is 0 Å². The minimum Gasteiger partial charge on any atom is -0.496 e. The Morgan fingerprint density at radius 2 is 1.79 bits per heavy atom. The predicted octanol–water partition coefficient (Wildman–Crippen LogP) is 3.65. The van der Waals surface area contributed by atoms with Gasteiger partial charge in [-0.3, -0.25) is 4.79 Å². The first-order chi connectivity index (χ1) is 11.7. The third-order valence-corrected chi connectivity index (χ3v) is 3.63. The molecule has 0 aliphatic heterocycles. The van der Waals surface area contributed by atoms with Crippen molar-refractivity contribution in [2.75, 3.05) is 13.7 Å². The number of para-hydroxylation sites is 2. The van der Waals surface area contributed by atoms with E-state index in [1.807, 2.05) is 0 Å². The minimum atomic E-state index is -0.710. The third-order valence-electron chi connectivity index (χ3n) is 3.63. The highest BCUT2D eigenvalue weighted by Crippen LogP contribution is 2.33. The van der Waals surface area contributed by atoms with E-state index in [0.717, 1.165) is 0 Å².